The minimum Gasteiger partial charge on any atom is -0.344 e. The van der Waals surface area contributed by atoms with E-state index in [2.05, 4.69) is 20.8 Å². The first-order valence-corrected chi connectivity index (χ1v) is 10.0. The lowest BCUT2D eigenvalue weighted by molar-refractivity contribution is -0.132. The van der Waals surface area contributed by atoms with Crippen molar-refractivity contribution in [3.8, 4) is 10.6 Å². The number of amides is 2. The molecule has 1 aromatic heterocycles. The van der Waals surface area contributed by atoms with E-state index in [0.29, 0.717) is 15.2 Å². The van der Waals surface area contributed by atoms with Crippen LogP contribution in [0.5, 0.6) is 0 Å². The van der Waals surface area contributed by atoms with Crippen molar-refractivity contribution in [2.45, 2.75) is 47.1 Å². The lowest BCUT2D eigenvalue weighted by atomic mass is 9.92. The SMILES string of the molecule is CCC(C)C(NC(=O)C(C)(C)C)C(=O)Nc1nnc(-c2ccc(Cl)cc2)s1. The molecule has 2 N–H and O–H groups in total. The number of carbonyl (C=O) groups is 2. The highest BCUT2D eigenvalue weighted by Gasteiger charge is 2.31. The molecular weight excluding hydrogens is 384 g/mol. The maximum Gasteiger partial charge on any atom is 0.249 e. The van der Waals surface area contributed by atoms with E-state index < -0.39 is 11.5 Å². The Labute approximate surface area is 168 Å². The third kappa shape index (κ3) is 5.74. The van der Waals surface area contributed by atoms with Gasteiger partial charge in [-0.15, -0.1) is 10.2 Å². The first kappa shape index (κ1) is 21.3. The quantitative estimate of drug-likeness (QED) is 0.743. The smallest absolute Gasteiger partial charge is 0.249 e. The molecule has 0 fully saturated rings. The van der Waals surface area contributed by atoms with Crippen molar-refractivity contribution in [3.05, 3.63) is 29.3 Å². The number of rotatable bonds is 6. The Balaban J connectivity index is 2.13. The summed E-state index contributed by atoms with van der Waals surface area (Å²) in [7, 11) is 0. The molecule has 2 rings (SSSR count). The lowest BCUT2D eigenvalue weighted by Gasteiger charge is -2.27. The van der Waals surface area contributed by atoms with Gasteiger partial charge in [0.25, 0.3) is 0 Å². The summed E-state index contributed by atoms with van der Waals surface area (Å²) in [6, 6.07) is 6.61. The summed E-state index contributed by atoms with van der Waals surface area (Å²) in [6.45, 7) is 9.37. The average Bonchev–Trinajstić information content (AvgIpc) is 3.06. The molecule has 0 aliphatic heterocycles. The molecule has 146 valence electrons. The summed E-state index contributed by atoms with van der Waals surface area (Å²) in [5, 5.41) is 15.5. The highest BCUT2D eigenvalue weighted by Crippen LogP contribution is 2.27. The molecule has 6 nitrogen and oxygen atoms in total. The van der Waals surface area contributed by atoms with Gasteiger partial charge in [-0.25, -0.2) is 0 Å². The molecule has 2 unspecified atom stereocenters. The van der Waals surface area contributed by atoms with Crippen LogP contribution in [0.1, 0.15) is 41.0 Å². The van der Waals surface area contributed by atoms with E-state index >= 15 is 0 Å². The summed E-state index contributed by atoms with van der Waals surface area (Å²) < 4.78 is 0. The van der Waals surface area contributed by atoms with Gasteiger partial charge in [-0.3, -0.25) is 14.9 Å². The number of nitrogens with one attached hydrogen (secondary N) is 2. The Hall–Kier alpha value is -1.99. The number of nitrogens with zero attached hydrogens (tertiary/aromatic N) is 2. The zero-order valence-corrected chi connectivity index (χ0v) is 17.7. The molecule has 0 bridgehead atoms. The third-order valence-corrected chi connectivity index (χ3v) is 5.35. The van der Waals surface area contributed by atoms with Gasteiger partial charge in [0.15, 0.2) is 0 Å². The van der Waals surface area contributed by atoms with Crippen LogP contribution in [-0.4, -0.2) is 28.1 Å². The van der Waals surface area contributed by atoms with Gasteiger partial charge < -0.3 is 5.32 Å². The molecule has 8 heteroatoms. The molecule has 0 aliphatic carbocycles. The molecule has 0 aliphatic rings. The van der Waals surface area contributed by atoms with Crippen molar-refractivity contribution < 1.29 is 9.59 Å². The minimum atomic E-state index is -0.635. The molecule has 0 saturated carbocycles. The second kappa shape index (κ2) is 8.80. The van der Waals surface area contributed by atoms with Gasteiger partial charge in [-0.05, 0) is 18.1 Å². The molecular formula is C19H25ClN4O2S. The van der Waals surface area contributed by atoms with Gasteiger partial charge in [0.05, 0.1) is 0 Å². The Morgan fingerprint density at radius 1 is 1.19 bits per heavy atom. The number of halogens is 1. The van der Waals surface area contributed by atoms with Crippen LogP contribution < -0.4 is 10.6 Å². The molecule has 2 amide bonds. The molecule has 27 heavy (non-hydrogen) atoms. The summed E-state index contributed by atoms with van der Waals surface area (Å²) in [4.78, 5) is 25.1. The lowest BCUT2D eigenvalue weighted by Crippen LogP contribution is -2.50. The molecule has 1 heterocycles. The Morgan fingerprint density at radius 3 is 2.37 bits per heavy atom. The van der Waals surface area contributed by atoms with Gasteiger partial charge >= 0.3 is 0 Å². The van der Waals surface area contributed by atoms with Crippen LogP contribution in [0.3, 0.4) is 0 Å². The van der Waals surface area contributed by atoms with Crippen LogP contribution in [0.15, 0.2) is 24.3 Å². The Morgan fingerprint density at radius 2 is 1.81 bits per heavy atom. The van der Waals surface area contributed by atoms with E-state index in [0.717, 1.165) is 12.0 Å². The largest absolute Gasteiger partial charge is 0.344 e. The summed E-state index contributed by atoms with van der Waals surface area (Å²) in [6.07, 6.45) is 0.759. The van der Waals surface area contributed by atoms with Gasteiger partial charge in [0.2, 0.25) is 16.9 Å². The number of benzene rings is 1. The fraction of sp³-hybridized carbons (Fsp3) is 0.474. The summed E-state index contributed by atoms with van der Waals surface area (Å²) in [5.74, 6) is -0.470. The van der Waals surface area contributed by atoms with Crippen molar-refractivity contribution in [2.75, 3.05) is 5.32 Å². The van der Waals surface area contributed by atoms with Crippen molar-refractivity contribution >= 4 is 39.9 Å². The topological polar surface area (TPSA) is 84.0 Å². The summed E-state index contributed by atoms with van der Waals surface area (Å²) >= 11 is 7.17. The molecule has 2 aromatic rings. The number of anilines is 1. The van der Waals surface area contributed by atoms with Crippen LogP contribution in [0.4, 0.5) is 5.13 Å². The third-order valence-electron chi connectivity index (χ3n) is 4.21. The highest BCUT2D eigenvalue weighted by molar-refractivity contribution is 7.18. The van der Waals surface area contributed by atoms with Gasteiger partial charge in [-0.2, -0.15) is 0 Å². The number of hydrogen-bond donors (Lipinski definition) is 2. The van der Waals surface area contributed by atoms with Crippen LogP contribution >= 0.6 is 22.9 Å². The maximum absolute atomic E-state index is 12.8. The first-order chi connectivity index (χ1) is 12.6. The van der Waals surface area contributed by atoms with E-state index in [4.69, 9.17) is 11.6 Å². The average molecular weight is 409 g/mol. The van der Waals surface area contributed by atoms with Gasteiger partial charge in [0, 0.05) is 16.0 Å². The molecule has 2 atom stereocenters. The molecule has 0 radical (unpaired) electrons. The second-order valence-electron chi connectivity index (χ2n) is 7.50. The van der Waals surface area contributed by atoms with E-state index in [1.165, 1.54) is 11.3 Å². The minimum absolute atomic E-state index is 0.0139. The van der Waals surface area contributed by atoms with Crippen LogP contribution in [0, 0.1) is 11.3 Å². The maximum atomic E-state index is 12.8. The standard InChI is InChI=1S/C19H25ClN4O2S/c1-6-11(2)14(21-17(26)19(3,4)5)15(25)22-18-24-23-16(27-18)12-7-9-13(20)10-8-12/h7-11,14H,6H2,1-5H3,(H,21,26)(H,22,24,25). The van der Waals surface area contributed by atoms with Gasteiger partial charge in [-0.1, -0.05) is 76.1 Å². The highest BCUT2D eigenvalue weighted by atomic mass is 35.5. The van der Waals surface area contributed by atoms with Crippen molar-refractivity contribution in [1.29, 1.82) is 0 Å². The predicted octanol–water partition coefficient (Wildman–Crippen LogP) is 4.37. The van der Waals surface area contributed by atoms with E-state index in [1.54, 1.807) is 12.1 Å². The van der Waals surface area contributed by atoms with Crippen LogP contribution in [0.2, 0.25) is 5.02 Å². The van der Waals surface area contributed by atoms with Crippen LogP contribution in [-0.2, 0) is 9.59 Å². The predicted molar refractivity (Wildman–Crippen MR) is 110 cm³/mol. The van der Waals surface area contributed by atoms with Crippen molar-refractivity contribution in [3.63, 3.8) is 0 Å². The monoisotopic (exact) mass is 408 g/mol. The van der Waals surface area contributed by atoms with E-state index in [1.807, 2.05) is 46.8 Å². The van der Waals surface area contributed by atoms with Gasteiger partial charge in [0.1, 0.15) is 11.0 Å². The number of aromatic nitrogens is 2. The zero-order chi connectivity index (χ0) is 20.2. The zero-order valence-electron chi connectivity index (χ0n) is 16.2. The van der Waals surface area contributed by atoms with Crippen molar-refractivity contribution in [1.82, 2.24) is 15.5 Å². The molecule has 0 spiro atoms. The normalized spacial score (nSPS) is 13.7. The fourth-order valence-corrected chi connectivity index (χ4v) is 3.10. The van der Waals surface area contributed by atoms with Crippen molar-refractivity contribution in [2.24, 2.45) is 11.3 Å². The summed E-state index contributed by atoms with van der Waals surface area (Å²) in [5.41, 5.74) is 0.299. The molecule has 0 saturated heterocycles. The van der Waals surface area contributed by atoms with E-state index in [-0.39, 0.29) is 17.7 Å². The number of hydrogen-bond acceptors (Lipinski definition) is 5. The van der Waals surface area contributed by atoms with E-state index in [9.17, 15) is 9.59 Å². The number of carbonyl (C=O) groups excluding carboxylic acids is 2. The van der Waals surface area contributed by atoms with Crippen LogP contribution in [0.25, 0.3) is 10.6 Å². The fourth-order valence-electron chi connectivity index (χ4n) is 2.23. The second-order valence-corrected chi connectivity index (χ2v) is 8.91. The molecule has 1 aromatic carbocycles. The Bertz CT molecular complexity index is 799. The first-order valence-electron chi connectivity index (χ1n) is 8.83. The Kier molecular flexibility index (Phi) is 6.95.